The number of hydrogen-bond acceptors (Lipinski definition) is 1. The number of rotatable bonds is 0. The lowest BCUT2D eigenvalue weighted by Gasteiger charge is -2.40. The van der Waals surface area contributed by atoms with Crippen molar-refractivity contribution in [3.8, 4) is 0 Å². The third-order valence-electron chi connectivity index (χ3n) is 2.75. The third kappa shape index (κ3) is 1.94. The van der Waals surface area contributed by atoms with Crippen LogP contribution in [0, 0.1) is 0 Å². The predicted molar refractivity (Wildman–Crippen MR) is 53.8 cm³/mol. The van der Waals surface area contributed by atoms with Gasteiger partial charge in [-0.1, -0.05) is 8.58 Å². The number of ether oxygens (including phenoxy) is 1. The average Bonchev–Trinajstić information content (AvgIpc) is 2.07. The average molecular weight is 190 g/mol. The second kappa shape index (κ2) is 3.69. The summed E-state index contributed by atoms with van der Waals surface area (Å²) in [4.78, 5) is 0. The molecule has 11 heavy (non-hydrogen) atoms. The molecule has 0 aromatic carbocycles. The molecule has 0 radical (unpaired) electrons. The van der Waals surface area contributed by atoms with E-state index >= 15 is 0 Å². The molecule has 1 spiro atoms. The van der Waals surface area contributed by atoms with Gasteiger partial charge in [0.2, 0.25) is 0 Å². The van der Waals surface area contributed by atoms with Crippen molar-refractivity contribution >= 4 is 17.2 Å². The Kier molecular flexibility index (Phi) is 2.82. The third-order valence-corrected chi connectivity index (χ3v) is 4.91. The van der Waals surface area contributed by atoms with Crippen molar-refractivity contribution in [1.29, 1.82) is 0 Å². The maximum absolute atomic E-state index is 5.92. The Bertz CT molecular complexity index is 107. The van der Waals surface area contributed by atoms with Gasteiger partial charge < -0.3 is 4.74 Å². The second-order valence-corrected chi connectivity index (χ2v) is 6.26. The highest BCUT2D eigenvalue weighted by Crippen LogP contribution is 2.41. The molecule has 2 heterocycles. The van der Waals surface area contributed by atoms with Crippen LogP contribution in [0.25, 0.3) is 0 Å². The van der Waals surface area contributed by atoms with Gasteiger partial charge in [0.15, 0.2) is 0 Å². The highest BCUT2D eigenvalue weighted by atomic mass is 31.1. The van der Waals surface area contributed by atoms with Crippen LogP contribution >= 0.6 is 17.2 Å². The summed E-state index contributed by atoms with van der Waals surface area (Å²) in [6.07, 6.45) is 9.43. The molecule has 0 aromatic heterocycles. The van der Waals surface area contributed by atoms with Crippen LogP contribution in [-0.4, -0.2) is 30.4 Å². The molecule has 0 aliphatic carbocycles. The zero-order valence-corrected chi connectivity index (χ0v) is 8.86. The minimum Gasteiger partial charge on any atom is -0.371 e. The first-order chi connectivity index (χ1) is 5.41. The van der Waals surface area contributed by atoms with Crippen LogP contribution in [0.4, 0.5) is 0 Å². The Hall–Kier alpha value is 0.820. The van der Waals surface area contributed by atoms with Crippen molar-refractivity contribution in [1.82, 2.24) is 0 Å². The van der Waals surface area contributed by atoms with E-state index in [-0.39, 0.29) is 0 Å². The van der Waals surface area contributed by atoms with Crippen LogP contribution in [-0.2, 0) is 4.74 Å². The summed E-state index contributed by atoms with van der Waals surface area (Å²) in [5, 5.41) is 0. The summed E-state index contributed by atoms with van der Waals surface area (Å²) in [6.45, 7) is 0. The topological polar surface area (TPSA) is 9.23 Å². The Morgan fingerprint density at radius 3 is 2.18 bits per heavy atom. The molecule has 3 heteroatoms. The highest BCUT2D eigenvalue weighted by molar-refractivity contribution is 7.38. The molecule has 2 fully saturated rings. The van der Waals surface area contributed by atoms with Gasteiger partial charge in [-0.3, -0.25) is 0 Å². The van der Waals surface area contributed by atoms with Crippen LogP contribution in [0.2, 0.25) is 0 Å². The Morgan fingerprint density at radius 1 is 0.909 bits per heavy atom. The van der Waals surface area contributed by atoms with Crippen LogP contribution < -0.4 is 0 Å². The van der Waals surface area contributed by atoms with Gasteiger partial charge >= 0.3 is 0 Å². The normalized spacial score (nSPS) is 43.6. The Balaban J connectivity index is 1.94. The van der Waals surface area contributed by atoms with Gasteiger partial charge in [-0.05, 0) is 37.7 Å². The van der Waals surface area contributed by atoms with Crippen LogP contribution in [0.3, 0.4) is 0 Å². The molecule has 0 amide bonds. The summed E-state index contributed by atoms with van der Waals surface area (Å²) in [6, 6.07) is 0. The molecule has 0 N–H and O–H groups in total. The quantitative estimate of drug-likeness (QED) is 0.532. The summed E-state index contributed by atoms with van der Waals surface area (Å²) in [5.74, 6) is 0. The minimum atomic E-state index is 0.372. The zero-order chi connectivity index (χ0) is 7.57. The number of hydrogen-bond donors (Lipinski definition) is 0. The summed E-state index contributed by atoms with van der Waals surface area (Å²) in [5.41, 5.74) is 0.372. The van der Waals surface area contributed by atoms with E-state index in [2.05, 4.69) is 0 Å². The monoisotopic (exact) mass is 190 g/mol. The van der Waals surface area contributed by atoms with E-state index in [1.807, 2.05) is 0 Å². The molecule has 1 atom stereocenters. The van der Waals surface area contributed by atoms with E-state index in [0.29, 0.717) is 5.60 Å². The minimum absolute atomic E-state index is 0.372. The van der Waals surface area contributed by atoms with Gasteiger partial charge in [-0.2, -0.15) is 0 Å². The van der Waals surface area contributed by atoms with Gasteiger partial charge in [0, 0.05) is 0 Å². The molecule has 2 rings (SSSR count). The molecule has 2 saturated heterocycles. The van der Waals surface area contributed by atoms with Crippen molar-refractivity contribution in [2.24, 2.45) is 0 Å². The van der Waals surface area contributed by atoms with Crippen LogP contribution in [0.5, 0.6) is 0 Å². The van der Waals surface area contributed by atoms with E-state index in [0.717, 1.165) is 14.9 Å². The van der Waals surface area contributed by atoms with Crippen molar-refractivity contribution in [3.05, 3.63) is 0 Å². The van der Waals surface area contributed by atoms with Crippen molar-refractivity contribution in [3.63, 3.8) is 0 Å². The van der Waals surface area contributed by atoms with Gasteiger partial charge in [-0.25, -0.2) is 0 Å². The van der Waals surface area contributed by atoms with Crippen molar-refractivity contribution in [2.45, 2.75) is 24.9 Å². The Morgan fingerprint density at radius 2 is 1.55 bits per heavy atom. The molecular weight excluding hydrogens is 174 g/mol. The summed E-state index contributed by atoms with van der Waals surface area (Å²) < 4.78 is 5.92. The van der Waals surface area contributed by atoms with E-state index < -0.39 is 0 Å². The fourth-order valence-corrected chi connectivity index (χ4v) is 4.64. The van der Waals surface area contributed by atoms with Crippen LogP contribution in [0.15, 0.2) is 0 Å². The SMILES string of the molecule is C1CC2(CCP1)CCPCO2. The smallest absolute Gasteiger partial charge is 0.0697 e. The van der Waals surface area contributed by atoms with E-state index in [1.54, 1.807) is 0 Å². The first-order valence-electron chi connectivity index (χ1n) is 4.47. The Labute approximate surface area is 72.2 Å². The van der Waals surface area contributed by atoms with Crippen LogP contribution in [0.1, 0.15) is 19.3 Å². The lowest BCUT2D eigenvalue weighted by molar-refractivity contribution is -0.0362. The van der Waals surface area contributed by atoms with Gasteiger partial charge in [0.25, 0.3) is 0 Å². The van der Waals surface area contributed by atoms with Gasteiger partial charge in [0.05, 0.1) is 11.9 Å². The molecule has 64 valence electrons. The van der Waals surface area contributed by atoms with Gasteiger partial charge in [-0.15, -0.1) is 8.58 Å². The van der Waals surface area contributed by atoms with Gasteiger partial charge in [0.1, 0.15) is 0 Å². The molecule has 2 aliphatic heterocycles. The van der Waals surface area contributed by atoms with E-state index in [4.69, 9.17) is 4.74 Å². The first kappa shape index (κ1) is 8.42. The molecule has 1 nitrogen and oxygen atoms in total. The predicted octanol–water partition coefficient (Wildman–Crippen LogP) is 2.25. The maximum atomic E-state index is 5.92. The van der Waals surface area contributed by atoms with E-state index in [1.165, 1.54) is 46.3 Å². The summed E-state index contributed by atoms with van der Waals surface area (Å²) in [7, 11) is 2.30. The summed E-state index contributed by atoms with van der Waals surface area (Å²) >= 11 is 0. The van der Waals surface area contributed by atoms with E-state index in [9.17, 15) is 0 Å². The molecule has 0 bridgehead atoms. The molecule has 1 unspecified atom stereocenters. The molecule has 2 aliphatic rings. The lowest BCUT2D eigenvalue weighted by atomic mass is 9.93. The second-order valence-electron chi connectivity index (χ2n) is 3.47. The fraction of sp³-hybridized carbons (Fsp3) is 1.00. The highest BCUT2D eigenvalue weighted by Gasteiger charge is 2.34. The van der Waals surface area contributed by atoms with Crippen molar-refractivity contribution in [2.75, 3.05) is 24.8 Å². The molecule has 0 saturated carbocycles. The zero-order valence-electron chi connectivity index (χ0n) is 6.86. The maximum Gasteiger partial charge on any atom is 0.0697 e. The largest absolute Gasteiger partial charge is 0.371 e. The first-order valence-corrected chi connectivity index (χ1v) is 7.30. The molecule has 0 aromatic rings. The molecular formula is C8H16OP2. The fourth-order valence-electron chi connectivity index (χ4n) is 1.94. The van der Waals surface area contributed by atoms with Crippen molar-refractivity contribution < 1.29 is 4.74 Å². The standard InChI is InChI=1S/C8H16OP2/c1-4-10-5-2-8(1)3-6-11-7-9-8/h10-11H,1-7H2. The lowest BCUT2D eigenvalue weighted by Crippen LogP contribution is -2.38.